The van der Waals surface area contributed by atoms with Crippen LogP contribution in [-0.2, 0) is 26.0 Å². The van der Waals surface area contributed by atoms with Crippen LogP contribution in [0.25, 0.3) is 11.2 Å². The third-order valence-electron chi connectivity index (χ3n) is 7.36. The van der Waals surface area contributed by atoms with Gasteiger partial charge >= 0.3 is 0 Å². The molecule has 13 heteroatoms. The van der Waals surface area contributed by atoms with Crippen molar-refractivity contribution < 1.29 is 28.1 Å². The largest absolute Gasteiger partial charge is 0.387 e. The number of nitrogens with zero attached hydrogens (tertiary/aromatic N) is 4. The number of aliphatic hydroxyl groups is 2. The molecule has 1 aliphatic rings. The minimum absolute atomic E-state index is 0.0248. The first-order valence-electron chi connectivity index (χ1n) is 14.5. The van der Waals surface area contributed by atoms with Crippen molar-refractivity contribution in [3.05, 3.63) is 83.9 Å². The first-order chi connectivity index (χ1) is 21.0. The van der Waals surface area contributed by atoms with E-state index in [0.29, 0.717) is 23.5 Å². The Morgan fingerprint density at radius 3 is 2.23 bits per heavy atom. The van der Waals surface area contributed by atoms with Crippen molar-refractivity contribution in [1.82, 2.24) is 24.2 Å². The number of methoxy groups -OCH3 is 1. The average molecular weight is 625 g/mol. The Kier molecular flexibility index (Phi) is 9.63. The third-order valence-corrected chi connectivity index (χ3v) is 9.19. The fraction of sp³-hybridized carbons (Fsp3) is 0.452. The second-order valence-electron chi connectivity index (χ2n) is 12.2. The summed E-state index contributed by atoms with van der Waals surface area (Å²) in [6.45, 7) is 5.94. The molecule has 4 aromatic rings. The quantitative estimate of drug-likeness (QED) is 0.185. The minimum atomic E-state index is -3.63. The highest BCUT2D eigenvalue weighted by atomic mass is 32.2. The Labute approximate surface area is 257 Å². The Morgan fingerprint density at radius 2 is 1.64 bits per heavy atom. The van der Waals surface area contributed by atoms with E-state index in [9.17, 15) is 18.6 Å². The van der Waals surface area contributed by atoms with Gasteiger partial charge in [-0.15, -0.1) is 0 Å². The number of fused-ring (bicyclic) bond motifs is 1. The third kappa shape index (κ3) is 7.42. The molecule has 2 aromatic heterocycles. The van der Waals surface area contributed by atoms with Crippen molar-refractivity contribution in [1.29, 1.82) is 0 Å². The fourth-order valence-electron chi connectivity index (χ4n) is 5.40. The molecule has 0 radical (unpaired) electrons. The van der Waals surface area contributed by atoms with Crippen LogP contribution in [-0.4, -0.2) is 82.5 Å². The SMILES string of the molecule is COC[C@H]1O[C@@H](n2cnc3c(NCC(c4ccccc4)c4ccccc4)nc(CNS(=O)(=O)CC(C)(C)C)nc32)[C@H](O)[C@@H]1O. The van der Waals surface area contributed by atoms with Crippen molar-refractivity contribution in [3.63, 3.8) is 0 Å². The standard InChI is InChI=1S/C31H40N6O6S/c1-31(2,3)18-44(40,41)34-16-24-35-28(32-15-22(20-11-7-5-8-12-20)21-13-9-6-10-14-21)25-29(36-24)37(19-33-25)30-27(39)26(38)23(43-30)17-42-4/h5-14,19,22-23,26-27,30,34,38-39H,15-18H2,1-4H3,(H,32,35,36)/t23-,26-,27-,30-/m1/s1. The highest BCUT2D eigenvalue weighted by Crippen LogP contribution is 2.33. The summed E-state index contributed by atoms with van der Waals surface area (Å²) < 4.78 is 40.8. The van der Waals surface area contributed by atoms with Crippen molar-refractivity contribution >= 4 is 27.0 Å². The number of aromatic nitrogens is 4. The molecule has 3 heterocycles. The molecule has 0 bridgehead atoms. The molecule has 1 fully saturated rings. The van der Waals surface area contributed by atoms with E-state index in [0.717, 1.165) is 11.1 Å². The molecule has 2 aromatic carbocycles. The zero-order chi connectivity index (χ0) is 31.5. The molecule has 0 unspecified atom stereocenters. The summed E-state index contributed by atoms with van der Waals surface area (Å²) in [4.78, 5) is 13.9. The highest BCUT2D eigenvalue weighted by molar-refractivity contribution is 7.89. The van der Waals surface area contributed by atoms with Crippen LogP contribution in [0.3, 0.4) is 0 Å². The van der Waals surface area contributed by atoms with Crippen molar-refractivity contribution in [2.75, 3.05) is 31.3 Å². The summed E-state index contributed by atoms with van der Waals surface area (Å²) >= 11 is 0. The highest BCUT2D eigenvalue weighted by Gasteiger charge is 2.44. The zero-order valence-corrected chi connectivity index (χ0v) is 26.1. The van der Waals surface area contributed by atoms with Crippen LogP contribution in [0.15, 0.2) is 67.0 Å². The summed E-state index contributed by atoms with van der Waals surface area (Å²) in [7, 11) is -2.14. The summed E-state index contributed by atoms with van der Waals surface area (Å²) in [5.41, 5.74) is 2.50. The smallest absolute Gasteiger partial charge is 0.212 e. The molecular formula is C31H40N6O6S. The molecule has 44 heavy (non-hydrogen) atoms. The lowest BCUT2D eigenvalue weighted by atomic mass is 9.91. The van der Waals surface area contributed by atoms with E-state index < -0.39 is 40.0 Å². The van der Waals surface area contributed by atoms with Gasteiger partial charge in [-0.3, -0.25) is 4.57 Å². The van der Waals surface area contributed by atoms with E-state index in [4.69, 9.17) is 9.47 Å². The summed E-state index contributed by atoms with van der Waals surface area (Å²) in [5, 5.41) is 24.8. The number of imidazole rings is 1. The molecule has 0 amide bonds. The number of nitrogens with one attached hydrogen (secondary N) is 2. The number of rotatable bonds is 12. The monoisotopic (exact) mass is 624 g/mol. The van der Waals surface area contributed by atoms with Gasteiger partial charge in [-0.2, -0.15) is 0 Å². The van der Waals surface area contributed by atoms with Crippen LogP contribution < -0.4 is 10.0 Å². The number of hydrogen-bond donors (Lipinski definition) is 4. The summed E-state index contributed by atoms with van der Waals surface area (Å²) in [6, 6.07) is 20.2. The van der Waals surface area contributed by atoms with Gasteiger partial charge in [-0.05, 0) is 16.5 Å². The Hall–Kier alpha value is -3.46. The lowest BCUT2D eigenvalue weighted by Crippen LogP contribution is -2.33. The van der Waals surface area contributed by atoms with Crippen molar-refractivity contribution in [2.45, 2.75) is 57.8 Å². The molecule has 0 spiro atoms. The molecule has 1 saturated heterocycles. The van der Waals surface area contributed by atoms with E-state index in [1.807, 2.05) is 57.2 Å². The van der Waals surface area contributed by atoms with Gasteiger partial charge in [-0.25, -0.2) is 28.1 Å². The molecule has 0 aliphatic carbocycles. The zero-order valence-electron chi connectivity index (χ0n) is 25.3. The van der Waals surface area contributed by atoms with E-state index in [1.54, 1.807) is 0 Å². The number of benzene rings is 2. The van der Waals surface area contributed by atoms with Gasteiger partial charge in [0.2, 0.25) is 10.0 Å². The average Bonchev–Trinajstić information content (AvgIpc) is 3.52. The second-order valence-corrected chi connectivity index (χ2v) is 14.0. The fourth-order valence-corrected chi connectivity index (χ4v) is 7.00. The van der Waals surface area contributed by atoms with Crippen molar-refractivity contribution in [2.24, 2.45) is 5.41 Å². The summed E-state index contributed by atoms with van der Waals surface area (Å²) in [5.74, 6) is 0.513. The van der Waals surface area contributed by atoms with Crippen LogP contribution in [0.2, 0.25) is 0 Å². The molecule has 1 aliphatic heterocycles. The van der Waals surface area contributed by atoms with Gasteiger partial charge in [0.15, 0.2) is 23.2 Å². The number of ether oxygens (including phenoxy) is 2. The van der Waals surface area contributed by atoms with Gasteiger partial charge in [0.05, 0.1) is 25.2 Å². The molecule has 4 N–H and O–H groups in total. The van der Waals surface area contributed by atoms with Gasteiger partial charge < -0.3 is 25.0 Å². The predicted octanol–water partition coefficient (Wildman–Crippen LogP) is 2.80. The molecule has 0 saturated carbocycles. The van der Waals surface area contributed by atoms with E-state index in [-0.39, 0.29) is 30.6 Å². The lowest BCUT2D eigenvalue weighted by molar-refractivity contribution is -0.0580. The number of sulfonamides is 1. The Bertz CT molecular complexity index is 1610. The topological polar surface area (TPSA) is 161 Å². The number of hydrogen-bond acceptors (Lipinski definition) is 10. The first-order valence-corrected chi connectivity index (χ1v) is 16.2. The van der Waals surface area contributed by atoms with Crippen LogP contribution >= 0.6 is 0 Å². The molecule has 236 valence electrons. The van der Waals surface area contributed by atoms with Crippen LogP contribution in [0.5, 0.6) is 0 Å². The Morgan fingerprint density at radius 1 is 1.00 bits per heavy atom. The first kappa shape index (κ1) is 31.9. The Balaban J connectivity index is 1.51. The van der Waals surface area contributed by atoms with Crippen LogP contribution in [0, 0.1) is 5.41 Å². The van der Waals surface area contributed by atoms with Crippen LogP contribution in [0.1, 0.15) is 49.9 Å². The second kappa shape index (κ2) is 13.3. The maximum Gasteiger partial charge on any atom is 0.212 e. The predicted molar refractivity (Wildman–Crippen MR) is 166 cm³/mol. The maximum atomic E-state index is 12.8. The normalized spacial score (nSPS) is 20.9. The maximum absolute atomic E-state index is 12.8. The molecular weight excluding hydrogens is 584 g/mol. The van der Waals surface area contributed by atoms with Crippen LogP contribution in [0.4, 0.5) is 5.82 Å². The van der Waals surface area contributed by atoms with E-state index in [1.165, 1.54) is 18.0 Å². The molecule has 12 nitrogen and oxygen atoms in total. The van der Waals surface area contributed by atoms with Gasteiger partial charge in [0.1, 0.15) is 24.1 Å². The number of aliphatic hydroxyl groups excluding tert-OH is 2. The van der Waals surface area contributed by atoms with E-state index in [2.05, 4.69) is 49.3 Å². The van der Waals surface area contributed by atoms with E-state index >= 15 is 0 Å². The van der Waals surface area contributed by atoms with Crippen molar-refractivity contribution in [3.8, 4) is 0 Å². The lowest BCUT2D eigenvalue weighted by Gasteiger charge is -2.20. The molecule has 5 rings (SSSR count). The number of anilines is 1. The summed E-state index contributed by atoms with van der Waals surface area (Å²) in [6.07, 6.45) is -2.73. The molecule has 4 atom stereocenters. The van der Waals surface area contributed by atoms with Gasteiger partial charge in [-0.1, -0.05) is 81.4 Å². The van der Waals surface area contributed by atoms with Gasteiger partial charge in [0.25, 0.3) is 0 Å². The minimum Gasteiger partial charge on any atom is -0.387 e. The van der Waals surface area contributed by atoms with Gasteiger partial charge in [0, 0.05) is 19.6 Å².